The molecule has 0 bridgehead atoms. The second-order valence-electron chi connectivity index (χ2n) is 10.0. The number of furan rings is 1. The standard InChI is InChI=1S/C30H26F3N5O3S/c31-30(32,33)22-8-4-9-23(17-22)38-27(25-10-5-15-40-25)35-36-29(38)42-19-26-34-24(18-41-26)28(39)37-13-11-21(12-14-37)16-20-6-2-1-3-7-20/h1-10,15,17-18,21H,11-14,16,19H2. The van der Waals surface area contributed by atoms with Crippen LogP contribution in [0.5, 0.6) is 0 Å². The molecule has 8 nitrogen and oxygen atoms in total. The van der Waals surface area contributed by atoms with Gasteiger partial charge in [0, 0.05) is 13.1 Å². The highest BCUT2D eigenvalue weighted by molar-refractivity contribution is 7.98. The number of amides is 1. The highest BCUT2D eigenvalue weighted by atomic mass is 32.2. The van der Waals surface area contributed by atoms with E-state index in [-0.39, 0.29) is 28.9 Å². The first-order valence-corrected chi connectivity index (χ1v) is 14.4. The summed E-state index contributed by atoms with van der Waals surface area (Å²) in [4.78, 5) is 19.3. The zero-order valence-electron chi connectivity index (χ0n) is 22.3. The number of aromatic nitrogens is 4. The number of halogens is 3. The van der Waals surface area contributed by atoms with Crippen molar-refractivity contribution in [2.45, 2.75) is 36.3 Å². The van der Waals surface area contributed by atoms with Gasteiger partial charge in [-0.25, -0.2) is 4.98 Å². The Bertz CT molecular complexity index is 1640. The summed E-state index contributed by atoms with van der Waals surface area (Å²) in [6.45, 7) is 1.31. The molecule has 0 atom stereocenters. The lowest BCUT2D eigenvalue weighted by Crippen LogP contribution is -2.39. The van der Waals surface area contributed by atoms with Crippen LogP contribution in [0.3, 0.4) is 0 Å². The van der Waals surface area contributed by atoms with Crippen molar-refractivity contribution < 1.29 is 26.8 Å². The molecule has 216 valence electrons. The van der Waals surface area contributed by atoms with Crippen LogP contribution < -0.4 is 0 Å². The van der Waals surface area contributed by atoms with Crippen LogP contribution in [0.25, 0.3) is 17.3 Å². The van der Waals surface area contributed by atoms with E-state index in [0.717, 1.165) is 31.4 Å². The van der Waals surface area contributed by atoms with Gasteiger partial charge >= 0.3 is 6.18 Å². The lowest BCUT2D eigenvalue weighted by Gasteiger charge is -2.31. The fourth-order valence-corrected chi connectivity index (χ4v) is 5.84. The first-order valence-electron chi connectivity index (χ1n) is 13.4. The van der Waals surface area contributed by atoms with E-state index in [1.54, 1.807) is 23.1 Å². The van der Waals surface area contributed by atoms with Crippen molar-refractivity contribution in [3.63, 3.8) is 0 Å². The molecular formula is C30H26F3N5O3S. The Morgan fingerprint density at radius 2 is 1.79 bits per heavy atom. The van der Waals surface area contributed by atoms with E-state index < -0.39 is 11.7 Å². The number of likely N-dealkylation sites (tertiary alicyclic amines) is 1. The minimum atomic E-state index is -4.51. The predicted molar refractivity (Wildman–Crippen MR) is 149 cm³/mol. The van der Waals surface area contributed by atoms with Gasteiger partial charge in [0.25, 0.3) is 5.91 Å². The van der Waals surface area contributed by atoms with Gasteiger partial charge in [0.2, 0.25) is 11.7 Å². The number of thioether (sulfide) groups is 1. The summed E-state index contributed by atoms with van der Waals surface area (Å²) in [5.41, 5.74) is 0.960. The van der Waals surface area contributed by atoms with Crippen molar-refractivity contribution in [3.8, 4) is 17.3 Å². The quantitative estimate of drug-likeness (QED) is 0.180. The molecule has 0 unspecified atom stereocenters. The van der Waals surface area contributed by atoms with E-state index in [2.05, 4.69) is 27.3 Å². The van der Waals surface area contributed by atoms with Gasteiger partial charge in [0.1, 0.15) is 6.26 Å². The first kappa shape index (κ1) is 27.8. The predicted octanol–water partition coefficient (Wildman–Crippen LogP) is 6.92. The normalized spacial score (nSPS) is 14.4. The first-order chi connectivity index (χ1) is 20.3. The summed E-state index contributed by atoms with van der Waals surface area (Å²) >= 11 is 1.17. The van der Waals surface area contributed by atoms with Crippen molar-refractivity contribution >= 4 is 17.7 Å². The van der Waals surface area contributed by atoms with Crippen LogP contribution in [0.2, 0.25) is 0 Å². The van der Waals surface area contributed by atoms with Crippen LogP contribution in [0.4, 0.5) is 13.2 Å². The van der Waals surface area contributed by atoms with Gasteiger partial charge in [-0.3, -0.25) is 9.36 Å². The van der Waals surface area contributed by atoms with Gasteiger partial charge in [-0.15, -0.1) is 10.2 Å². The Balaban J connectivity index is 1.13. The summed E-state index contributed by atoms with van der Waals surface area (Å²) < 4.78 is 52.9. The number of alkyl halides is 3. The molecule has 1 amide bonds. The van der Waals surface area contributed by atoms with Gasteiger partial charge in [0.05, 0.1) is 23.3 Å². The average Bonchev–Trinajstić information content (AvgIpc) is 3.77. The largest absolute Gasteiger partial charge is 0.461 e. The molecule has 0 radical (unpaired) electrons. The molecule has 12 heteroatoms. The summed E-state index contributed by atoms with van der Waals surface area (Å²) in [5.74, 6) is 1.42. The van der Waals surface area contributed by atoms with Crippen LogP contribution in [0.15, 0.2) is 93.2 Å². The number of hydrogen-bond acceptors (Lipinski definition) is 7. The third-order valence-electron chi connectivity index (χ3n) is 7.17. The zero-order chi connectivity index (χ0) is 29.1. The summed E-state index contributed by atoms with van der Waals surface area (Å²) in [5, 5.41) is 8.68. The summed E-state index contributed by atoms with van der Waals surface area (Å²) in [6.07, 6.45) is 1.13. The number of oxazole rings is 1. The van der Waals surface area contributed by atoms with Crippen molar-refractivity contribution in [1.29, 1.82) is 0 Å². The van der Waals surface area contributed by atoms with Gasteiger partial charge in [0.15, 0.2) is 16.6 Å². The van der Waals surface area contributed by atoms with E-state index in [1.807, 2.05) is 18.2 Å². The van der Waals surface area contributed by atoms with Crippen LogP contribution >= 0.6 is 11.8 Å². The van der Waals surface area contributed by atoms with E-state index in [9.17, 15) is 18.0 Å². The number of carbonyl (C=O) groups is 1. The Labute approximate surface area is 243 Å². The molecule has 0 saturated carbocycles. The average molecular weight is 594 g/mol. The molecule has 1 aliphatic rings. The topological polar surface area (TPSA) is 90.2 Å². The molecule has 42 heavy (non-hydrogen) atoms. The fourth-order valence-electron chi connectivity index (χ4n) is 5.03. The molecule has 1 fully saturated rings. The minimum absolute atomic E-state index is 0.180. The molecule has 5 aromatic rings. The maximum absolute atomic E-state index is 13.4. The zero-order valence-corrected chi connectivity index (χ0v) is 23.1. The van der Waals surface area contributed by atoms with E-state index in [0.29, 0.717) is 35.8 Å². The van der Waals surface area contributed by atoms with E-state index in [1.165, 1.54) is 40.5 Å². The molecule has 0 aliphatic carbocycles. The third kappa shape index (κ3) is 6.13. The van der Waals surface area contributed by atoms with Gasteiger partial charge in [-0.1, -0.05) is 48.2 Å². The van der Waals surface area contributed by atoms with Gasteiger partial charge in [-0.2, -0.15) is 13.2 Å². The lowest BCUT2D eigenvalue weighted by atomic mass is 9.90. The second kappa shape index (κ2) is 11.9. The maximum atomic E-state index is 13.4. The molecule has 2 aromatic carbocycles. The van der Waals surface area contributed by atoms with E-state index in [4.69, 9.17) is 8.83 Å². The van der Waals surface area contributed by atoms with Crippen LogP contribution in [-0.4, -0.2) is 43.6 Å². The molecular weight excluding hydrogens is 567 g/mol. The SMILES string of the molecule is O=C(c1coc(CSc2nnc(-c3ccco3)n2-c2cccc(C(F)(F)F)c2)n1)N1CCC(Cc2ccccc2)CC1. The Morgan fingerprint density at radius 3 is 2.52 bits per heavy atom. The Hall–Kier alpha value is -4.32. The smallest absolute Gasteiger partial charge is 0.416 e. The summed E-state index contributed by atoms with van der Waals surface area (Å²) in [7, 11) is 0. The molecule has 1 saturated heterocycles. The number of piperidine rings is 1. The maximum Gasteiger partial charge on any atom is 0.416 e. The number of carbonyl (C=O) groups excluding carboxylic acids is 1. The van der Waals surface area contributed by atoms with Crippen LogP contribution in [-0.2, 0) is 18.3 Å². The highest BCUT2D eigenvalue weighted by Crippen LogP contribution is 2.34. The minimum Gasteiger partial charge on any atom is -0.461 e. The van der Waals surface area contributed by atoms with Crippen LogP contribution in [0, 0.1) is 5.92 Å². The van der Waals surface area contributed by atoms with Crippen LogP contribution in [0.1, 0.15) is 40.3 Å². The fraction of sp³-hybridized carbons (Fsp3) is 0.267. The highest BCUT2D eigenvalue weighted by Gasteiger charge is 2.31. The molecule has 0 N–H and O–H groups in total. The van der Waals surface area contributed by atoms with Crippen molar-refractivity contribution in [1.82, 2.24) is 24.6 Å². The Kier molecular flexibility index (Phi) is 7.88. The van der Waals surface area contributed by atoms with Crippen molar-refractivity contribution in [2.75, 3.05) is 13.1 Å². The monoisotopic (exact) mass is 593 g/mol. The second-order valence-corrected chi connectivity index (χ2v) is 10.9. The number of benzene rings is 2. The molecule has 6 rings (SSSR count). The van der Waals surface area contributed by atoms with Gasteiger partial charge < -0.3 is 13.7 Å². The lowest BCUT2D eigenvalue weighted by molar-refractivity contribution is -0.137. The molecule has 3 aromatic heterocycles. The molecule has 1 aliphatic heterocycles. The summed E-state index contributed by atoms with van der Waals surface area (Å²) in [6, 6.07) is 18.6. The van der Waals surface area contributed by atoms with Gasteiger partial charge in [-0.05, 0) is 61.1 Å². The van der Waals surface area contributed by atoms with Crippen molar-refractivity contribution in [3.05, 3.63) is 102 Å². The number of nitrogens with zero attached hydrogens (tertiary/aromatic N) is 5. The molecule has 0 spiro atoms. The number of hydrogen-bond donors (Lipinski definition) is 0. The number of rotatable bonds is 8. The third-order valence-corrected chi connectivity index (χ3v) is 8.08. The molecule has 4 heterocycles. The Morgan fingerprint density at radius 1 is 0.976 bits per heavy atom. The van der Waals surface area contributed by atoms with Crippen molar-refractivity contribution in [2.24, 2.45) is 5.92 Å². The van der Waals surface area contributed by atoms with E-state index >= 15 is 0 Å².